The molecule has 1 aromatic heterocycles. The Balaban J connectivity index is 2.03. The fraction of sp³-hybridized carbons (Fsp3) is 0.0588. The Bertz CT molecular complexity index is 723. The minimum Gasteiger partial charge on any atom is -0.457 e. The van der Waals surface area contributed by atoms with E-state index in [0.717, 1.165) is 11.6 Å². The Hall–Kier alpha value is -2.92. The van der Waals surface area contributed by atoms with Gasteiger partial charge < -0.3 is 4.42 Å². The van der Waals surface area contributed by atoms with Crippen molar-refractivity contribution in [3.05, 3.63) is 71.2 Å². The summed E-state index contributed by atoms with van der Waals surface area (Å²) < 4.78 is 5.40. The number of amides is 1. The lowest BCUT2D eigenvalue weighted by molar-refractivity contribution is -0.124. The predicted octanol–water partition coefficient (Wildman–Crippen LogP) is 3.00. The summed E-state index contributed by atoms with van der Waals surface area (Å²) in [6.07, 6.45) is 5.53. The van der Waals surface area contributed by atoms with Crippen molar-refractivity contribution >= 4 is 23.8 Å². The highest BCUT2D eigenvalue weighted by Gasteiger charge is 2.02. The first-order valence-corrected chi connectivity index (χ1v) is 6.59. The van der Waals surface area contributed by atoms with Crippen molar-refractivity contribution < 1.29 is 19.2 Å². The van der Waals surface area contributed by atoms with Crippen LogP contribution < -0.4 is 5.48 Å². The van der Waals surface area contributed by atoms with Crippen LogP contribution in [0.25, 0.3) is 12.2 Å². The van der Waals surface area contributed by atoms with Crippen molar-refractivity contribution in [2.45, 2.75) is 6.92 Å². The fourth-order valence-corrected chi connectivity index (χ4v) is 1.71. The molecule has 0 atom stereocenters. The van der Waals surface area contributed by atoms with Gasteiger partial charge in [0.05, 0.1) is 0 Å². The molecular weight excluding hydrogens is 282 g/mol. The molecule has 1 amide bonds. The molecule has 0 unspecified atom stereocenters. The zero-order valence-corrected chi connectivity index (χ0v) is 11.9. The summed E-state index contributed by atoms with van der Waals surface area (Å²) in [7, 11) is 0. The Morgan fingerprint density at radius 2 is 1.59 bits per heavy atom. The maximum Gasteiger partial charge on any atom is 0.267 e. The lowest BCUT2D eigenvalue weighted by Gasteiger charge is -1.96. The van der Waals surface area contributed by atoms with Gasteiger partial charge in [-0.1, -0.05) is 29.8 Å². The van der Waals surface area contributed by atoms with Crippen molar-refractivity contribution in [1.29, 1.82) is 0 Å². The quantitative estimate of drug-likeness (QED) is 0.385. The van der Waals surface area contributed by atoms with Crippen LogP contribution in [0.2, 0.25) is 0 Å². The van der Waals surface area contributed by atoms with E-state index in [-0.39, 0.29) is 5.78 Å². The van der Waals surface area contributed by atoms with Gasteiger partial charge in [0.2, 0.25) is 0 Å². The molecular formula is C17H15NO4. The van der Waals surface area contributed by atoms with Gasteiger partial charge in [0.15, 0.2) is 5.78 Å². The van der Waals surface area contributed by atoms with E-state index < -0.39 is 5.91 Å². The SMILES string of the molecule is Cc1ccc(C(=O)/C=C/c2ccc(/C=C/C(=O)NO)o2)cc1. The molecule has 0 aliphatic rings. The molecule has 112 valence electrons. The average Bonchev–Trinajstić information content (AvgIpc) is 2.99. The molecule has 1 heterocycles. The van der Waals surface area contributed by atoms with Crippen LogP contribution in [-0.4, -0.2) is 16.9 Å². The Morgan fingerprint density at radius 1 is 1.00 bits per heavy atom. The van der Waals surface area contributed by atoms with E-state index in [2.05, 4.69) is 0 Å². The highest BCUT2D eigenvalue weighted by Crippen LogP contribution is 2.12. The van der Waals surface area contributed by atoms with Crippen LogP contribution in [0.5, 0.6) is 0 Å². The summed E-state index contributed by atoms with van der Waals surface area (Å²) in [5.41, 5.74) is 3.18. The highest BCUT2D eigenvalue weighted by atomic mass is 16.5. The topological polar surface area (TPSA) is 79.5 Å². The lowest BCUT2D eigenvalue weighted by atomic mass is 10.1. The molecule has 1 aromatic carbocycles. The number of carbonyl (C=O) groups excluding carboxylic acids is 2. The van der Waals surface area contributed by atoms with Gasteiger partial charge >= 0.3 is 0 Å². The first-order chi connectivity index (χ1) is 10.6. The zero-order chi connectivity index (χ0) is 15.9. The third-order valence-electron chi connectivity index (χ3n) is 2.89. The van der Waals surface area contributed by atoms with Crippen molar-refractivity contribution in [3.8, 4) is 0 Å². The molecule has 2 N–H and O–H groups in total. The van der Waals surface area contributed by atoms with E-state index in [0.29, 0.717) is 17.1 Å². The van der Waals surface area contributed by atoms with E-state index in [1.54, 1.807) is 30.3 Å². The number of rotatable bonds is 5. The fourth-order valence-electron chi connectivity index (χ4n) is 1.71. The number of carbonyl (C=O) groups is 2. The van der Waals surface area contributed by atoms with Crippen molar-refractivity contribution in [1.82, 2.24) is 5.48 Å². The van der Waals surface area contributed by atoms with Gasteiger partial charge in [-0.2, -0.15) is 0 Å². The molecule has 0 bridgehead atoms. The number of allylic oxidation sites excluding steroid dienone is 1. The first kappa shape index (κ1) is 15.5. The Labute approximate surface area is 127 Å². The first-order valence-electron chi connectivity index (χ1n) is 6.59. The predicted molar refractivity (Wildman–Crippen MR) is 82.2 cm³/mol. The minimum atomic E-state index is -0.650. The van der Waals surface area contributed by atoms with Crippen molar-refractivity contribution in [3.63, 3.8) is 0 Å². The smallest absolute Gasteiger partial charge is 0.267 e. The largest absolute Gasteiger partial charge is 0.457 e. The molecule has 2 aromatic rings. The minimum absolute atomic E-state index is 0.117. The molecule has 0 saturated heterocycles. The second-order valence-electron chi connectivity index (χ2n) is 4.61. The maximum atomic E-state index is 12.0. The van der Waals surface area contributed by atoms with E-state index in [4.69, 9.17) is 9.62 Å². The summed E-state index contributed by atoms with van der Waals surface area (Å²) >= 11 is 0. The molecule has 0 aliphatic heterocycles. The number of furan rings is 1. The molecule has 0 saturated carbocycles. The van der Waals surface area contributed by atoms with Gasteiger partial charge in [0, 0.05) is 11.6 Å². The van der Waals surface area contributed by atoms with Gasteiger partial charge in [0.25, 0.3) is 5.91 Å². The summed E-state index contributed by atoms with van der Waals surface area (Å²) in [6.45, 7) is 1.96. The number of nitrogens with one attached hydrogen (secondary N) is 1. The van der Waals surface area contributed by atoms with E-state index >= 15 is 0 Å². The van der Waals surface area contributed by atoms with E-state index in [1.807, 2.05) is 19.1 Å². The van der Waals surface area contributed by atoms with Crippen LogP contribution in [0.4, 0.5) is 0 Å². The third-order valence-corrected chi connectivity index (χ3v) is 2.89. The van der Waals surface area contributed by atoms with Crippen LogP contribution in [0, 0.1) is 6.92 Å². The molecule has 0 spiro atoms. The molecule has 2 rings (SSSR count). The standard InChI is InChI=1S/C17H15NO4/c1-12-2-4-13(5-3-12)16(19)10-8-14-6-7-15(22-14)9-11-17(20)18-21/h2-11,21H,1H3,(H,18,20)/b10-8+,11-9+. The molecule has 5 nitrogen and oxygen atoms in total. The van der Waals surface area contributed by atoms with Crippen LogP contribution in [0.15, 0.2) is 53.0 Å². The van der Waals surface area contributed by atoms with Gasteiger partial charge in [-0.05, 0) is 37.3 Å². The maximum absolute atomic E-state index is 12.0. The van der Waals surface area contributed by atoms with E-state index in [1.165, 1.54) is 17.6 Å². The Kier molecular flexibility index (Phi) is 5.06. The van der Waals surface area contributed by atoms with Crippen molar-refractivity contribution in [2.75, 3.05) is 0 Å². The van der Waals surface area contributed by atoms with Crippen molar-refractivity contribution in [2.24, 2.45) is 0 Å². The van der Waals surface area contributed by atoms with Gasteiger partial charge in [-0.3, -0.25) is 14.8 Å². The van der Waals surface area contributed by atoms with Crippen LogP contribution in [0.1, 0.15) is 27.4 Å². The number of aryl methyl sites for hydroxylation is 1. The molecule has 22 heavy (non-hydrogen) atoms. The average molecular weight is 297 g/mol. The summed E-state index contributed by atoms with van der Waals surface area (Å²) in [5.74, 6) is 0.159. The molecule has 0 radical (unpaired) electrons. The zero-order valence-electron chi connectivity index (χ0n) is 11.9. The summed E-state index contributed by atoms with van der Waals surface area (Å²) in [4.78, 5) is 22.8. The highest BCUT2D eigenvalue weighted by molar-refractivity contribution is 6.06. The Morgan fingerprint density at radius 3 is 2.18 bits per heavy atom. The van der Waals surface area contributed by atoms with Crippen LogP contribution in [0.3, 0.4) is 0 Å². The second-order valence-corrected chi connectivity index (χ2v) is 4.61. The summed E-state index contributed by atoms with van der Waals surface area (Å²) in [5, 5.41) is 8.36. The van der Waals surface area contributed by atoms with Gasteiger partial charge in [-0.15, -0.1) is 0 Å². The van der Waals surface area contributed by atoms with Crippen LogP contribution >= 0.6 is 0 Å². The number of ketones is 1. The second kappa shape index (κ2) is 7.19. The van der Waals surface area contributed by atoms with Gasteiger partial charge in [0.1, 0.15) is 11.5 Å². The third kappa shape index (κ3) is 4.29. The molecule has 5 heteroatoms. The molecule has 0 aliphatic carbocycles. The lowest BCUT2D eigenvalue weighted by Crippen LogP contribution is -2.14. The number of hydroxylamine groups is 1. The van der Waals surface area contributed by atoms with Crippen LogP contribution in [-0.2, 0) is 4.79 Å². The number of hydrogen-bond donors (Lipinski definition) is 2. The van der Waals surface area contributed by atoms with E-state index in [9.17, 15) is 9.59 Å². The number of hydrogen-bond acceptors (Lipinski definition) is 4. The summed E-state index contributed by atoms with van der Waals surface area (Å²) in [6, 6.07) is 10.6. The monoisotopic (exact) mass is 297 g/mol. The molecule has 0 fully saturated rings. The van der Waals surface area contributed by atoms with Gasteiger partial charge in [-0.25, -0.2) is 5.48 Å². The normalized spacial score (nSPS) is 11.2. The number of benzene rings is 1.